The van der Waals surface area contributed by atoms with E-state index in [2.05, 4.69) is 10.0 Å². The maximum absolute atomic E-state index is 12.8. The van der Waals surface area contributed by atoms with Gasteiger partial charge in [-0.1, -0.05) is 30.3 Å². The van der Waals surface area contributed by atoms with Gasteiger partial charge >= 0.3 is 0 Å². The van der Waals surface area contributed by atoms with Crippen LogP contribution in [-0.4, -0.2) is 21.4 Å². The Labute approximate surface area is 177 Å². The molecule has 0 aliphatic carbocycles. The van der Waals surface area contributed by atoms with Crippen LogP contribution >= 0.6 is 0 Å². The third-order valence-electron chi connectivity index (χ3n) is 4.62. The first kappa shape index (κ1) is 21.4. The van der Waals surface area contributed by atoms with E-state index in [-0.39, 0.29) is 10.8 Å². The second kappa shape index (κ2) is 9.00. The first-order valence-corrected chi connectivity index (χ1v) is 10.9. The lowest BCUT2D eigenvalue weighted by Gasteiger charge is -2.12. The van der Waals surface area contributed by atoms with Gasteiger partial charge in [-0.2, -0.15) is 0 Å². The first-order chi connectivity index (χ1) is 14.3. The summed E-state index contributed by atoms with van der Waals surface area (Å²) in [5.41, 5.74) is 3.13. The molecule has 7 heteroatoms. The van der Waals surface area contributed by atoms with E-state index in [4.69, 9.17) is 4.74 Å². The molecule has 0 saturated carbocycles. The third kappa shape index (κ3) is 5.18. The lowest BCUT2D eigenvalue weighted by Crippen LogP contribution is -2.23. The van der Waals surface area contributed by atoms with Crippen LogP contribution in [-0.2, 0) is 16.6 Å². The van der Waals surface area contributed by atoms with Crippen molar-refractivity contribution in [2.45, 2.75) is 25.3 Å². The zero-order valence-electron chi connectivity index (χ0n) is 17.1. The predicted octanol–water partition coefficient (Wildman–Crippen LogP) is 4.04. The number of amides is 1. The smallest absolute Gasteiger partial charge is 0.262 e. The van der Waals surface area contributed by atoms with E-state index in [0.717, 1.165) is 16.9 Å². The fraction of sp³-hybridized carbons (Fsp3) is 0.174. The van der Waals surface area contributed by atoms with E-state index in [1.165, 1.54) is 6.07 Å². The van der Waals surface area contributed by atoms with Crippen molar-refractivity contribution in [3.63, 3.8) is 0 Å². The van der Waals surface area contributed by atoms with Crippen LogP contribution in [0.15, 0.2) is 71.6 Å². The number of ether oxygens (including phenoxy) is 1. The van der Waals surface area contributed by atoms with Crippen LogP contribution in [0.3, 0.4) is 0 Å². The van der Waals surface area contributed by atoms with Gasteiger partial charge in [0.05, 0.1) is 12.0 Å². The zero-order valence-corrected chi connectivity index (χ0v) is 17.9. The molecule has 0 fully saturated rings. The molecule has 1 amide bonds. The molecule has 2 N–H and O–H groups in total. The van der Waals surface area contributed by atoms with Gasteiger partial charge in [-0.25, -0.2) is 8.42 Å². The largest absolute Gasteiger partial charge is 0.497 e. The number of hydrogen-bond donors (Lipinski definition) is 2. The van der Waals surface area contributed by atoms with Gasteiger partial charge in [-0.05, 0) is 66.9 Å². The van der Waals surface area contributed by atoms with Crippen LogP contribution in [0.25, 0.3) is 0 Å². The van der Waals surface area contributed by atoms with Crippen molar-refractivity contribution in [1.82, 2.24) is 5.32 Å². The van der Waals surface area contributed by atoms with Gasteiger partial charge in [0.1, 0.15) is 5.75 Å². The summed E-state index contributed by atoms with van der Waals surface area (Å²) >= 11 is 0. The summed E-state index contributed by atoms with van der Waals surface area (Å²) in [7, 11) is -2.17. The Kier molecular flexibility index (Phi) is 6.42. The number of carbonyl (C=O) groups is 1. The number of methoxy groups -OCH3 is 1. The Hall–Kier alpha value is -3.32. The second-order valence-electron chi connectivity index (χ2n) is 6.99. The van der Waals surface area contributed by atoms with Gasteiger partial charge < -0.3 is 10.1 Å². The number of aryl methyl sites for hydroxylation is 2. The van der Waals surface area contributed by atoms with Crippen molar-refractivity contribution in [2.24, 2.45) is 0 Å². The van der Waals surface area contributed by atoms with E-state index >= 15 is 0 Å². The van der Waals surface area contributed by atoms with Gasteiger partial charge in [-0.3, -0.25) is 9.52 Å². The Balaban J connectivity index is 1.71. The highest BCUT2D eigenvalue weighted by Gasteiger charge is 2.18. The lowest BCUT2D eigenvalue weighted by molar-refractivity contribution is 0.0951. The van der Waals surface area contributed by atoms with Crippen molar-refractivity contribution < 1.29 is 17.9 Å². The zero-order chi connectivity index (χ0) is 21.7. The highest BCUT2D eigenvalue weighted by molar-refractivity contribution is 7.92. The molecule has 156 valence electrons. The van der Waals surface area contributed by atoms with Crippen molar-refractivity contribution in [3.05, 3.63) is 89.0 Å². The molecule has 0 aliphatic heterocycles. The van der Waals surface area contributed by atoms with Crippen LogP contribution in [0.5, 0.6) is 5.75 Å². The number of nitrogens with one attached hydrogen (secondary N) is 2. The van der Waals surface area contributed by atoms with Gasteiger partial charge in [0.25, 0.3) is 15.9 Å². The Bertz CT molecular complexity index is 1160. The molecule has 0 aromatic heterocycles. The normalized spacial score (nSPS) is 11.0. The molecule has 0 radical (unpaired) electrons. The molecule has 0 unspecified atom stereocenters. The fourth-order valence-electron chi connectivity index (χ4n) is 2.96. The lowest BCUT2D eigenvalue weighted by atomic mass is 10.1. The van der Waals surface area contributed by atoms with Gasteiger partial charge in [0.15, 0.2) is 0 Å². The summed E-state index contributed by atoms with van der Waals surface area (Å²) in [5, 5.41) is 2.83. The second-order valence-corrected chi connectivity index (χ2v) is 8.64. The summed E-state index contributed by atoms with van der Waals surface area (Å²) in [6, 6.07) is 19.1. The van der Waals surface area contributed by atoms with Crippen LogP contribution in [0.1, 0.15) is 27.0 Å². The highest BCUT2D eigenvalue weighted by Crippen LogP contribution is 2.21. The molecular formula is C23H24N2O4S. The van der Waals surface area contributed by atoms with E-state index in [0.29, 0.717) is 23.4 Å². The summed E-state index contributed by atoms with van der Waals surface area (Å²) in [6.45, 7) is 3.94. The van der Waals surface area contributed by atoms with Crippen LogP contribution in [0.2, 0.25) is 0 Å². The van der Waals surface area contributed by atoms with Crippen molar-refractivity contribution in [1.29, 1.82) is 0 Å². The van der Waals surface area contributed by atoms with E-state index in [1.54, 1.807) is 44.4 Å². The molecule has 6 nitrogen and oxygen atoms in total. The monoisotopic (exact) mass is 424 g/mol. The molecule has 0 heterocycles. The summed E-state index contributed by atoms with van der Waals surface area (Å²) in [4.78, 5) is 12.7. The molecular weight excluding hydrogens is 400 g/mol. The minimum Gasteiger partial charge on any atom is -0.497 e. The number of rotatable bonds is 7. The molecule has 30 heavy (non-hydrogen) atoms. The Morgan fingerprint density at radius 1 is 0.967 bits per heavy atom. The third-order valence-corrected chi connectivity index (χ3v) is 6.15. The quantitative estimate of drug-likeness (QED) is 0.599. The highest BCUT2D eigenvalue weighted by atomic mass is 32.2. The Morgan fingerprint density at radius 3 is 2.40 bits per heavy atom. The number of anilines is 1. The number of benzene rings is 3. The number of hydrogen-bond acceptors (Lipinski definition) is 4. The topological polar surface area (TPSA) is 84.5 Å². The maximum atomic E-state index is 12.8. The minimum absolute atomic E-state index is 0.219. The van der Waals surface area contributed by atoms with Crippen LogP contribution in [0.4, 0.5) is 5.69 Å². The fourth-order valence-corrected chi connectivity index (χ4v) is 4.34. The predicted molar refractivity (Wildman–Crippen MR) is 117 cm³/mol. The maximum Gasteiger partial charge on any atom is 0.262 e. The molecule has 3 aromatic carbocycles. The van der Waals surface area contributed by atoms with E-state index in [1.807, 2.05) is 37.3 Å². The van der Waals surface area contributed by atoms with Crippen LogP contribution in [0, 0.1) is 13.8 Å². The summed E-state index contributed by atoms with van der Waals surface area (Å²) < 4.78 is 33.3. The molecule has 0 spiro atoms. The van der Waals surface area contributed by atoms with Gasteiger partial charge in [0, 0.05) is 17.8 Å². The molecule has 3 rings (SSSR count). The van der Waals surface area contributed by atoms with Gasteiger partial charge in [-0.15, -0.1) is 0 Å². The number of carbonyl (C=O) groups excluding carboxylic acids is 1. The molecule has 0 bridgehead atoms. The van der Waals surface area contributed by atoms with E-state index < -0.39 is 10.0 Å². The summed E-state index contributed by atoms with van der Waals surface area (Å²) in [5.74, 6) is 0.451. The van der Waals surface area contributed by atoms with Crippen molar-refractivity contribution in [3.8, 4) is 5.75 Å². The first-order valence-electron chi connectivity index (χ1n) is 9.40. The minimum atomic E-state index is -3.76. The molecule has 0 saturated heterocycles. The van der Waals surface area contributed by atoms with Crippen molar-refractivity contribution >= 4 is 21.6 Å². The molecule has 3 aromatic rings. The Morgan fingerprint density at radius 2 is 1.70 bits per heavy atom. The molecule has 0 aliphatic rings. The van der Waals surface area contributed by atoms with Crippen molar-refractivity contribution in [2.75, 3.05) is 11.8 Å². The standard InChI is InChI=1S/C23H24N2O4S/c1-16-7-8-17(2)22(13-16)30(27,28)25-20-6-4-5-19(14-20)23(26)24-15-18-9-11-21(29-3)12-10-18/h4-14,25H,15H2,1-3H3,(H,24,26). The van der Waals surface area contributed by atoms with E-state index in [9.17, 15) is 13.2 Å². The SMILES string of the molecule is COc1ccc(CNC(=O)c2cccc(NS(=O)(=O)c3cc(C)ccc3C)c2)cc1. The number of sulfonamides is 1. The van der Waals surface area contributed by atoms with Gasteiger partial charge in [0.2, 0.25) is 0 Å². The average molecular weight is 425 g/mol. The molecule has 0 atom stereocenters. The average Bonchev–Trinajstić information content (AvgIpc) is 2.74. The summed E-state index contributed by atoms with van der Waals surface area (Å²) in [6.07, 6.45) is 0. The van der Waals surface area contributed by atoms with Crippen LogP contribution < -0.4 is 14.8 Å².